The molecule has 4 rings (SSSR count). The van der Waals surface area contributed by atoms with Crippen molar-refractivity contribution in [3.05, 3.63) is 66.0 Å². The second-order valence-corrected chi connectivity index (χ2v) is 6.88. The van der Waals surface area contributed by atoms with E-state index in [4.69, 9.17) is 9.72 Å². The molecule has 2 atom stereocenters. The minimum Gasteiger partial charge on any atom is -0.389 e. The van der Waals surface area contributed by atoms with E-state index in [0.717, 1.165) is 22.4 Å². The first-order chi connectivity index (χ1) is 12.2. The molecule has 4 heteroatoms. The molecule has 1 heterocycles. The number of ether oxygens (including phenoxy) is 1. The van der Waals surface area contributed by atoms with E-state index in [9.17, 15) is 5.11 Å². The quantitative estimate of drug-likeness (QED) is 0.708. The first-order valence-corrected chi connectivity index (χ1v) is 9.02. The maximum Gasteiger partial charge on any atom is 0.113 e. The van der Waals surface area contributed by atoms with Gasteiger partial charge in [-0.05, 0) is 37.5 Å². The van der Waals surface area contributed by atoms with Crippen LogP contribution in [0.15, 0.2) is 54.6 Å². The Morgan fingerprint density at radius 2 is 1.84 bits per heavy atom. The fourth-order valence-corrected chi connectivity index (χ4v) is 3.28. The van der Waals surface area contributed by atoms with Gasteiger partial charge in [-0.15, -0.1) is 0 Å². The average molecular weight is 336 g/mol. The summed E-state index contributed by atoms with van der Waals surface area (Å²) in [6.45, 7) is 2.85. The van der Waals surface area contributed by atoms with Crippen LogP contribution in [0.2, 0.25) is 0 Å². The number of fused-ring (bicyclic) bond motifs is 1. The minimum atomic E-state index is -0.554. The Morgan fingerprint density at radius 1 is 1.12 bits per heavy atom. The minimum absolute atomic E-state index is 0.0294. The fourth-order valence-electron chi connectivity index (χ4n) is 3.28. The summed E-state index contributed by atoms with van der Waals surface area (Å²) in [6.07, 6.45) is 1.81. The Hall–Kier alpha value is -2.17. The zero-order chi connectivity index (χ0) is 17.2. The molecule has 0 amide bonds. The van der Waals surface area contributed by atoms with Crippen molar-refractivity contribution < 1.29 is 9.84 Å². The molecule has 2 aromatic carbocycles. The summed E-state index contributed by atoms with van der Waals surface area (Å²) < 4.78 is 8.06. The van der Waals surface area contributed by atoms with Crippen LogP contribution in [0, 0.1) is 0 Å². The monoisotopic (exact) mass is 336 g/mol. The lowest BCUT2D eigenvalue weighted by Crippen LogP contribution is -2.23. The number of rotatable bonds is 7. The lowest BCUT2D eigenvalue weighted by atomic mass is 10.1. The van der Waals surface area contributed by atoms with Crippen LogP contribution in [-0.4, -0.2) is 27.4 Å². The van der Waals surface area contributed by atoms with Crippen molar-refractivity contribution in [2.75, 3.05) is 6.61 Å². The predicted molar refractivity (Wildman–Crippen MR) is 98.5 cm³/mol. The Bertz CT molecular complexity index is 839. The highest BCUT2D eigenvalue weighted by molar-refractivity contribution is 5.76. The molecule has 1 aliphatic rings. The molecule has 0 bridgehead atoms. The molecular formula is C21H24N2O2. The van der Waals surface area contributed by atoms with E-state index >= 15 is 0 Å². The number of aliphatic hydroxyl groups excluding tert-OH is 1. The van der Waals surface area contributed by atoms with Crippen molar-refractivity contribution in [1.29, 1.82) is 0 Å². The predicted octanol–water partition coefficient (Wildman–Crippen LogP) is 4.05. The Morgan fingerprint density at radius 3 is 2.60 bits per heavy atom. The highest BCUT2D eigenvalue weighted by Gasteiger charge is 2.30. The van der Waals surface area contributed by atoms with E-state index in [1.54, 1.807) is 0 Å². The number of hydrogen-bond acceptors (Lipinski definition) is 3. The Balaban J connectivity index is 1.45. The molecule has 0 spiro atoms. The zero-order valence-electron chi connectivity index (χ0n) is 14.5. The molecular weight excluding hydrogens is 312 g/mol. The summed E-state index contributed by atoms with van der Waals surface area (Å²) in [5, 5.41) is 10.5. The van der Waals surface area contributed by atoms with Crippen LogP contribution in [0.25, 0.3) is 11.0 Å². The Kier molecular flexibility index (Phi) is 4.55. The molecule has 0 radical (unpaired) electrons. The normalized spacial score (nSPS) is 16.9. The van der Waals surface area contributed by atoms with Crippen molar-refractivity contribution >= 4 is 11.0 Å². The van der Waals surface area contributed by atoms with Crippen molar-refractivity contribution in [2.45, 2.75) is 44.4 Å². The van der Waals surface area contributed by atoms with Gasteiger partial charge >= 0.3 is 0 Å². The number of aromatic nitrogens is 2. The van der Waals surface area contributed by atoms with Gasteiger partial charge in [0.05, 0.1) is 36.4 Å². The summed E-state index contributed by atoms with van der Waals surface area (Å²) in [6, 6.07) is 18.3. The van der Waals surface area contributed by atoms with Gasteiger partial charge in [0.1, 0.15) is 5.82 Å². The third kappa shape index (κ3) is 3.60. The lowest BCUT2D eigenvalue weighted by molar-refractivity contribution is -0.00859. The topological polar surface area (TPSA) is 47.3 Å². The SMILES string of the molecule is CC(OCC(O)Cn1c(C2CC2)nc2ccccc21)c1ccccc1. The zero-order valence-corrected chi connectivity index (χ0v) is 14.5. The molecule has 2 unspecified atom stereocenters. The van der Waals surface area contributed by atoms with Crippen LogP contribution in [0.5, 0.6) is 0 Å². The van der Waals surface area contributed by atoms with Gasteiger partial charge in [-0.25, -0.2) is 4.98 Å². The molecule has 4 nitrogen and oxygen atoms in total. The van der Waals surface area contributed by atoms with E-state index < -0.39 is 6.10 Å². The number of hydrogen-bond donors (Lipinski definition) is 1. The number of imidazole rings is 1. The summed E-state index contributed by atoms with van der Waals surface area (Å²) in [7, 11) is 0. The van der Waals surface area contributed by atoms with E-state index in [0.29, 0.717) is 19.1 Å². The van der Waals surface area contributed by atoms with Crippen LogP contribution < -0.4 is 0 Å². The van der Waals surface area contributed by atoms with Gasteiger partial charge in [-0.3, -0.25) is 0 Å². The molecule has 0 aliphatic heterocycles. The summed E-state index contributed by atoms with van der Waals surface area (Å²) in [5.74, 6) is 1.65. The average Bonchev–Trinajstić information content (AvgIpc) is 3.43. The molecule has 1 aliphatic carbocycles. The number of benzene rings is 2. The third-order valence-electron chi connectivity index (χ3n) is 4.83. The highest BCUT2D eigenvalue weighted by Crippen LogP contribution is 2.40. The van der Waals surface area contributed by atoms with Gasteiger partial charge in [0.2, 0.25) is 0 Å². The standard InChI is InChI=1S/C21H24N2O2/c1-15(16-7-3-2-4-8-16)25-14-18(24)13-23-20-10-6-5-9-19(20)22-21(23)17-11-12-17/h2-10,15,17-18,24H,11-14H2,1H3. The van der Waals surface area contributed by atoms with Gasteiger partial charge < -0.3 is 14.4 Å². The van der Waals surface area contributed by atoms with Gasteiger partial charge in [-0.1, -0.05) is 42.5 Å². The van der Waals surface area contributed by atoms with Gasteiger partial charge in [0, 0.05) is 5.92 Å². The molecule has 1 N–H and O–H groups in total. The maximum absolute atomic E-state index is 10.5. The van der Waals surface area contributed by atoms with Crippen molar-refractivity contribution in [3.8, 4) is 0 Å². The van der Waals surface area contributed by atoms with Crippen molar-refractivity contribution in [2.24, 2.45) is 0 Å². The number of nitrogens with zero attached hydrogens (tertiary/aromatic N) is 2. The molecule has 1 aromatic heterocycles. The van der Waals surface area contributed by atoms with Crippen molar-refractivity contribution in [3.63, 3.8) is 0 Å². The largest absolute Gasteiger partial charge is 0.389 e. The molecule has 25 heavy (non-hydrogen) atoms. The van der Waals surface area contributed by atoms with E-state index in [1.165, 1.54) is 12.8 Å². The molecule has 1 fully saturated rings. The second kappa shape index (κ2) is 6.98. The van der Waals surface area contributed by atoms with Crippen LogP contribution in [0.1, 0.15) is 43.2 Å². The summed E-state index contributed by atoms with van der Waals surface area (Å²) in [4.78, 5) is 4.78. The second-order valence-electron chi connectivity index (χ2n) is 6.88. The van der Waals surface area contributed by atoms with Crippen LogP contribution >= 0.6 is 0 Å². The summed E-state index contributed by atoms with van der Waals surface area (Å²) in [5.41, 5.74) is 3.23. The van der Waals surface area contributed by atoms with Gasteiger partial charge in [0.25, 0.3) is 0 Å². The molecule has 0 saturated heterocycles. The van der Waals surface area contributed by atoms with Gasteiger partial charge in [-0.2, -0.15) is 0 Å². The molecule has 3 aromatic rings. The maximum atomic E-state index is 10.5. The van der Waals surface area contributed by atoms with Crippen LogP contribution in [0.4, 0.5) is 0 Å². The summed E-state index contributed by atoms with van der Waals surface area (Å²) >= 11 is 0. The highest BCUT2D eigenvalue weighted by atomic mass is 16.5. The van der Waals surface area contributed by atoms with E-state index in [-0.39, 0.29) is 6.10 Å². The van der Waals surface area contributed by atoms with Crippen LogP contribution in [0.3, 0.4) is 0 Å². The Labute approximate surface area is 148 Å². The number of aliphatic hydroxyl groups is 1. The van der Waals surface area contributed by atoms with Crippen molar-refractivity contribution in [1.82, 2.24) is 9.55 Å². The third-order valence-corrected chi connectivity index (χ3v) is 4.83. The van der Waals surface area contributed by atoms with E-state index in [2.05, 4.69) is 10.6 Å². The number of para-hydroxylation sites is 2. The first-order valence-electron chi connectivity index (χ1n) is 9.02. The fraction of sp³-hybridized carbons (Fsp3) is 0.381. The van der Waals surface area contributed by atoms with Crippen LogP contribution in [-0.2, 0) is 11.3 Å². The van der Waals surface area contributed by atoms with E-state index in [1.807, 2.05) is 55.5 Å². The van der Waals surface area contributed by atoms with Gasteiger partial charge in [0.15, 0.2) is 0 Å². The lowest BCUT2D eigenvalue weighted by Gasteiger charge is -2.18. The first kappa shape index (κ1) is 16.3. The molecule has 1 saturated carbocycles. The molecule has 130 valence electrons. The smallest absolute Gasteiger partial charge is 0.113 e.